The predicted molar refractivity (Wildman–Crippen MR) is 113 cm³/mol. The lowest BCUT2D eigenvalue weighted by atomic mass is 9.59. The molecule has 4 aromatic rings. The fourth-order valence-electron chi connectivity index (χ4n) is 5.44. The average molecular weight is 379 g/mol. The number of rotatable bonds is 3. The summed E-state index contributed by atoms with van der Waals surface area (Å²) in [5.74, 6) is 1.12. The molecule has 0 spiro atoms. The van der Waals surface area contributed by atoms with Crippen LogP contribution >= 0.6 is 0 Å². The summed E-state index contributed by atoms with van der Waals surface area (Å²) >= 11 is 0. The van der Waals surface area contributed by atoms with Gasteiger partial charge < -0.3 is 5.32 Å². The molecule has 1 aromatic heterocycles. The van der Waals surface area contributed by atoms with Crippen molar-refractivity contribution < 1.29 is 4.79 Å². The van der Waals surface area contributed by atoms with Gasteiger partial charge in [-0.15, -0.1) is 0 Å². The average Bonchev–Trinajstić information content (AvgIpc) is 3.26. The first kappa shape index (κ1) is 16.5. The van der Waals surface area contributed by atoms with Crippen molar-refractivity contribution in [1.82, 2.24) is 15.5 Å². The van der Waals surface area contributed by atoms with E-state index in [9.17, 15) is 4.79 Å². The quantitative estimate of drug-likeness (QED) is 0.547. The molecule has 0 radical (unpaired) electrons. The molecule has 1 atom stereocenters. The van der Waals surface area contributed by atoms with Crippen molar-refractivity contribution >= 4 is 16.8 Å². The van der Waals surface area contributed by atoms with Crippen molar-refractivity contribution in [2.24, 2.45) is 5.92 Å². The zero-order valence-electron chi connectivity index (χ0n) is 15.9. The van der Waals surface area contributed by atoms with Crippen molar-refractivity contribution in [3.63, 3.8) is 0 Å². The monoisotopic (exact) mass is 379 g/mol. The third-order valence-electron chi connectivity index (χ3n) is 6.67. The molecule has 3 aromatic carbocycles. The van der Waals surface area contributed by atoms with Crippen molar-refractivity contribution in [2.75, 3.05) is 6.54 Å². The van der Waals surface area contributed by atoms with E-state index in [1.165, 1.54) is 22.3 Å². The van der Waals surface area contributed by atoms with Gasteiger partial charge >= 0.3 is 0 Å². The van der Waals surface area contributed by atoms with E-state index in [-0.39, 0.29) is 5.91 Å². The van der Waals surface area contributed by atoms with Crippen molar-refractivity contribution in [3.8, 4) is 0 Å². The van der Waals surface area contributed by atoms with Crippen LogP contribution in [0.3, 0.4) is 0 Å². The van der Waals surface area contributed by atoms with Crippen LogP contribution in [0.15, 0.2) is 72.9 Å². The Labute approximate surface area is 169 Å². The Kier molecular flexibility index (Phi) is 3.60. The number of hydrogen-bond donors (Lipinski definition) is 2. The van der Waals surface area contributed by atoms with Gasteiger partial charge in [0, 0.05) is 23.8 Å². The highest BCUT2D eigenvalue weighted by atomic mass is 16.1. The summed E-state index contributed by atoms with van der Waals surface area (Å²) in [4.78, 5) is 12.9. The van der Waals surface area contributed by atoms with Gasteiger partial charge in [0.2, 0.25) is 0 Å². The number of aromatic nitrogens is 2. The van der Waals surface area contributed by atoms with E-state index >= 15 is 0 Å². The summed E-state index contributed by atoms with van der Waals surface area (Å²) in [6.45, 7) is 0.674. The van der Waals surface area contributed by atoms with E-state index in [1.807, 2.05) is 18.2 Å². The minimum atomic E-state index is -0.0390. The minimum Gasteiger partial charge on any atom is -0.352 e. The van der Waals surface area contributed by atoms with Crippen molar-refractivity contribution in [1.29, 1.82) is 0 Å². The molecule has 3 aliphatic carbocycles. The molecule has 7 rings (SSSR count). The summed E-state index contributed by atoms with van der Waals surface area (Å²) in [7, 11) is 0. The maximum absolute atomic E-state index is 12.9. The summed E-state index contributed by atoms with van der Waals surface area (Å²) in [5, 5.41) is 11.2. The van der Waals surface area contributed by atoms with Gasteiger partial charge in [-0.1, -0.05) is 60.7 Å². The molecule has 0 aliphatic heterocycles. The van der Waals surface area contributed by atoms with Crippen LogP contribution in [0.2, 0.25) is 0 Å². The molecular formula is C25H21N3O. The molecule has 1 heterocycles. The third kappa shape index (κ3) is 2.45. The Balaban J connectivity index is 1.31. The van der Waals surface area contributed by atoms with E-state index in [4.69, 9.17) is 0 Å². The van der Waals surface area contributed by atoms with Crippen LogP contribution < -0.4 is 5.32 Å². The van der Waals surface area contributed by atoms with Crippen LogP contribution in [-0.4, -0.2) is 22.6 Å². The Hall–Kier alpha value is -3.40. The van der Waals surface area contributed by atoms with Crippen LogP contribution in [0.1, 0.15) is 50.9 Å². The second-order valence-corrected chi connectivity index (χ2v) is 8.13. The maximum atomic E-state index is 12.9. The van der Waals surface area contributed by atoms with Crippen LogP contribution in [0.25, 0.3) is 10.9 Å². The molecule has 2 bridgehead atoms. The highest BCUT2D eigenvalue weighted by Crippen LogP contribution is 2.55. The highest BCUT2D eigenvalue weighted by Gasteiger charge is 2.42. The molecule has 0 unspecified atom stereocenters. The number of H-pyrrole nitrogens is 1. The standard InChI is InChI=1S/C25H21N3O/c29-25(21-11-5-6-15-14-27-28-24(15)21)26-13-16-12-22-17-7-1-3-9-19(17)23(16)20-10-4-2-8-18(20)22/h1-11,14,16,22-23H,12-13H2,(H,26,29)(H,27,28)/t16-,22?,23?/m1/s1. The van der Waals surface area contributed by atoms with Gasteiger partial charge in [0.05, 0.1) is 17.3 Å². The van der Waals surface area contributed by atoms with Gasteiger partial charge in [0.1, 0.15) is 0 Å². The number of amides is 1. The number of nitrogens with one attached hydrogen (secondary N) is 2. The normalized spacial score (nSPS) is 21.6. The lowest BCUT2D eigenvalue weighted by molar-refractivity contribution is 0.0944. The number of benzene rings is 3. The molecule has 0 fully saturated rings. The van der Waals surface area contributed by atoms with E-state index in [2.05, 4.69) is 64.0 Å². The number of para-hydroxylation sites is 1. The molecule has 0 saturated carbocycles. The van der Waals surface area contributed by atoms with Crippen molar-refractivity contribution in [2.45, 2.75) is 18.3 Å². The van der Waals surface area contributed by atoms with E-state index in [0.717, 1.165) is 17.3 Å². The summed E-state index contributed by atoms with van der Waals surface area (Å²) in [5.41, 5.74) is 7.23. The van der Waals surface area contributed by atoms with Gasteiger partial charge in [-0.3, -0.25) is 9.89 Å². The second kappa shape index (κ2) is 6.31. The maximum Gasteiger partial charge on any atom is 0.253 e. The fraction of sp³-hybridized carbons (Fsp3) is 0.200. The molecule has 29 heavy (non-hydrogen) atoms. The highest BCUT2D eigenvalue weighted by molar-refractivity contribution is 6.05. The largest absolute Gasteiger partial charge is 0.352 e. The minimum absolute atomic E-state index is 0.0390. The Bertz CT molecular complexity index is 1190. The Morgan fingerprint density at radius 3 is 2.34 bits per heavy atom. The predicted octanol–water partition coefficient (Wildman–Crippen LogP) is 4.59. The Morgan fingerprint density at radius 2 is 1.62 bits per heavy atom. The van der Waals surface area contributed by atoms with E-state index in [0.29, 0.717) is 29.9 Å². The van der Waals surface area contributed by atoms with Gasteiger partial charge in [0.15, 0.2) is 0 Å². The summed E-state index contributed by atoms with van der Waals surface area (Å²) in [6.07, 6.45) is 2.83. The van der Waals surface area contributed by atoms with Crippen LogP contribution in [0, 0.1) is 5.92 Å². The number of fused-ring (bicyclic) bond motifs is 2. The first-order chi connectivity index (χ1) is 14.3. The van der Waals surface area contributed by atoms with Crippen LogP contribution in [0.4, 0.5) is 0 Å². The zero-order valence-corrected chi connectivity index (χ0v) is 15.9. The number of carbonyl (C=O) groups is 1. The first-order valence-corrected chi connectivity index (χ1v) is 10.2. The molecule has 2 N–H and O–H groups in total. The molecule has 4 nitrogen and oxygen atoms in total. The molecule has 0 saturated heterocycles. The van der Waals surface area contributed by atoms with Gasteiger partial charge in [-0.05, 0) is 40.7 Å². The number of nitrogens with zero attached hydrogens (tertiary/aromatic N) is 1. The third-order valence-corrected chi connectivity index (χ3v) is 6.67. The number of aromatic amines is 1. The van der Waals surface area contributed by atoms with Crippen LogP contribution in [0.5, 0.6) is 0 Å². The lowest BCUT2D eigenvalue weighted by Crippen LogP contribution is -2.39. The number of hydrogen-bond acceptors (Lipinski definition) is 2. The number of carbonyl (C=O) groups excluding carboxylic acids is 1. The summed E-state index contributed by atoms with van der Waals surface area (Å²) in [6, 6.07) is 23.4. The molecule has 4 heteroatoms. The fourth-order valence-corrected chi connectivity index (χ4v) is 5.44. The van der Waals surface area contributed by atoms with Gasteiger partial charge in [-0.2, -0.15) is 5.10 Å². The van der Waals surface area contributed by atoms with Crippen molar-refractivity contribution in [3.05, 3.63) is 101 Å². The van der Waals surface area contributed by atoms with E-state index in [1.54, 1.807) is 6.20 Å². The van der Waals surface area contributed by atoms with E-state index < -0.39 is 0 Å². The second-order valence-electron chi connectivity index (χ2n) is 8.13. The van der Waals surface area contributed by atoms with Gasteiger partial charge in [0.25, 0.3) is 5.91 Å². The van der Waals surface area contributed by atoms with Gasteiger partial charge in [-0.25, -0.2) is 0 Å². The Morgan fingerprint density at radius 1 is 0.931 bits per heavy atom. The molecule has 1 amide bonds. The topological polar surface area (TPSA) is 57.8 Å². The zero-order chi connectivity index (χ0) is 19.4. The summed E-state index contributed by atoms with van der Waals surface area (Å²) < 4.78 is 0. The molecular weight excluding hydrogens is 358 g/mol. The molecule has 142 valence electrons. The molecule has 3 aliphatic rings. The smallest absolute Gasteiger partial charge is 0.253 e. The first-order valence-electron chi connectivity index (χ1n) is 10.2. The van der Waals surface area contributed by atoms with Crippen LogP contribution in [-0.2, 0) is 0 Å². The SMILES string of the molecule is O=C(NC[C@H]1CC2c3ccccc3C1c1ccccc12)c1cccc2cn[nH]c12. The lowest BCUT2D eigenvalue weighted by Gasteiger charge is -2.45.